The van der Waals surface area contributed by atoms with Gasteiger partial charge in [0.25, 0.3) is 0 Å². The first-order valence-corrected chi connectivity index (χ1v) is 3.90. The molecular weight excluding hydrogens is 144 g/mol. The van der Waals surface area contributed by atoms with Crippen LogP contribution in [0.4, 0.5) is 4.79 Å². The van der Waals surface area contributed by atoms with Gasteiger partial charge in [-0.25, -0.2) is 4.79 Å². The van der Waals surface area contributed by atoms with Gasteiger partial charge in [0, 0.05) is 6.61 Å². The van der Waals surface area contributed by atoms with Crippen molar-refractivity contribution >= 4 is 6.03 Å². The Balaban J connectivity index is 1.91. The number of urea groups is 1. The van der Waals surface area contributed by atoms with E-state index in [2.05, 4.69) is 0 Å². The Hall–Kier alpha value is -0.770. The van der Waals surface area contributed by atoms with Gasteiger partial charge in [0.1, 0.15) is 5.60 Å². The zero-order valence-electron chi connectivity index (χ0n) is 6.38. The van der Waals surface area contributed by atoms with Gasteiger partial charge < -0.3 is 15.4 Å². The van der Waals surface area contributed by atoms with Gasteiger partial charge in [-0.3, -0.25) is 0 Å². The standard InChI is InChI=1S/C7H12N2O2/c8-6(10)9-4-7(5-9)2-1-3-11-7/h1-5H2,(H2,8,10). The van der Waals surface area contributed by atoms with Crippen molar-refractivity contribution in [2.75, 3.05) is 19.7 Å². The number of primary amides is 1. The Bertz CT molecular complexity index is 179. The molecule has 0 atom stereocenters. The van der Waals surface area contributed by atoms with E-state index in [1.54, 1.807) is 4.90 Å². The number of likely N-dealkylation sites (tertiary alicyclic amines) is 1. The van der Waals surface area contributed by atoms with E-state index in [1.807, 2.05) is 0 Å². The molecule has 0 radical (unpaired) electrons. The van der Waals surface area contributed by atoms with Gasteiger partial charge in [-0.2, -0.15) is 0 Å². The molecular formula is C7H12N2O2. The van der Waals surface area contributed by atoms with E-state index in [1.165, 1.54) is 0 Å². The molecule has 2 aliphatic rings. The van der Waals surface area contributed by atoms with E-state index in [0.717, 1.165) is 19.4 Å². The van der Waals surface area contributed by atoms with Gasteiger partial charge in [-0.15, -0.1) is 0 Å². The maximum atomic E-state index is 10.6. The Kier molecular flexibility index (Phi) is 1.32. The average molecular weight is 156 g/mol. The molecule has 4 heteroatoms. The minimum atomic E-state index is -0.328. The van der Waals surface area contributed by atoms with Crippen molar-refractivity contribution in [3.8, 4) is 0 Å². The number of amides is 2. The van der Waals surface area contributed by atoms with Gasteiger partial charge in [0.2, 0.25) is 0 Å². The molecule has 2 rings (SSSR count). The maximum absolute atomic E-state index is 10.6. The van der Waals surface area contributed by atoms with Crippen molar-refractivity contribution in [3.63, 3.8) is 0 Å². The zero-order chi connectivity index (χ0) is 7.90. The van der Waals surface area contributed by atoms with Crippen molar-refractivity contribution in [3.05, 3.63) is 0 Å². The van der Waals surface area contributed by atoms with E-state index in [0.29, 0.717) is 13.1 Å². The van der Waals surface area contributed by atoms with Crippen molar-refractivity contribution in [1.82, 2.24) is 4.90 Å². The lowest BCUT2D eigenvalue weighted by atomic mass is 9.91. The summed E-state index contributed by atoms with van der Waals surface area (Å²) in [5, 5.41) is 0. The van der Waals surface area contributed by atoms with Crippen molar-refractivity contribution < 1.29 is 9.53 Å². The smallest absolute Gasteiger partial charge is 0.314 e. The molecule has 2 saturated heterocycles. The Labute approximate surface area is 65.3 Å². The van der Waals surface area contributed by atoms with Gasteiger partial charge in [-0.1, -0.05) is 0 Å². The fourth-order valence-electron chi connectivity index (χ4n) is 1.81. The molecule has 2 heterocycles. The number of carbonyl (C=O) groups is 1. The summed E-state index contributed by atoms with van der Waals surface area (Å²) in [5.41, 5.74) is 5.08. The van der Waals surface area contributed by atoms with Crippen LogP contribution < -0.4 is 5.73 Å². The average Bonchev–Trinajstić information content (AvgIpc) is 2.29. The SMILES string of the molecule is NC(=O)N1CC2(CCCO2)C1. The lowest BCUT2D eigenvalue weighted by molar-refractivity contribution is -0.0900. The van der Waals surface area contributed by atoms with E-state index in [9.17, 15) is 4.79 Å². The molecule has 2 fully saturated rings. The first kappa shape index (κ1) is 6.91. The van der Waals surface area contributed by atoms with Crippen LogP contribution >= 0.6 is 0 Å². The highest BCUT2D eigenvalue weighted by molar-refractivity contribution is 5.73. The van der Waals surface area contributed by atoms with Crippen LogP contribution in [0.3, 0.4) is 0 Å². The molecule has 0 aromatic heterocycles. The van der Waals surface area contributed by atoms with Gasteiger partial charge in [-0.05, 0) is 12.8 Å². The van der Waals surface area contributed by atoms with E-state index in [4.69, 9.17) is 10.5 Å². The van der Waals surface area contributed by atoms with Crippen LogP contribution in [0.2, 0.25) is 0 Å². The maximum Gasteiger partial charge on any atom is 0.314 e. The number of ether oxygens (including phenoxy) is 1. The highest BCUT2D eigenvalue weighted by atomic mass is 16.5. The molecule has 2 aliphatic heterocycles. The quantitative estimate of drug-likeness (QED) is 0.533. The van der Waals surface area contributed by atoms with Crippen LogP contribution in [0, 0.1) is 0 Å². The number of hydrogen-bond acceptors (Lipinski definition) is 2. The molecule has 0 unspecified atom stereocenters. The van der Waals surface area contributed by atoms with Gasteiger partial charge in [0.15, 0.2) is 0 Å². The van der Waals surface area contributed by atoms with Crippen LogP contribution in [0.1, 0.15) is 12.8 Å². The molecule has 0 bridgehead atoms. The molecule has 0 aromatic carbocycles. The second-order valence-corrected chi connectivity index (χ2v) is 3.33. The third-order valence-corrected chi connectivity index (χ3v) is 2.45. The van der Waals surface area contributed by atoms with E-state index in [-0.39, 0.29) is 11.6 Å². The van der Waals surface area contributed by atoms with Gasteiger partial charge >= 0.3 is 6.03 Å². The largest absolute Gasteiger partial charge is 0.371 e. The van der Waals surface area contributed by atoms with Crippen LogP contribution in [-0.4, -0.2) is 36.2 Å². The minimum Gasteiger partial charge on any atom is -0.371 e. The number of carbonyl (C=O) groups excluding carboxylic acids is 1. The summed E-state index contributed by atoms with van der Waals surface area (Å²) in [5.74, 6) is 0. The predicted molar refractivity (Wildman–Crippen MR) is 39.1 cm³/mol. The monoisotopic (exact) mass is 156 g/mol. The number of nitrogens with zero attached hydrogens (tertiary/aromatic N) is 1. The summed E-state index contributed by atoms with van der Waals surface area (Å²) in [4.78, 5) is 12.2. The van der Waals surface area contributed by atoms with Crippen molar-refractivity contribution in [2.24, 2.45) is 5.73 Å². The number of hydrogen-bond donors (Lipinski definition) is 1. The van der Waals surface area contributed by atoms with Crippen molar-refractivity contribution in [1.29, 1.82) is 0 Å². The summed E-state index contributed by atoms with van der Waals surface area (Å²) in [7, 11) is 0. The zero-order valence-corrected chi connectivity index (χ0v) is 6.38. The summed E-state index contributed by atoms with van der Waals surface area (Å²) in [6, 6.07) is -0.328. The molecule has 0 saturated carbocycles. The lowest BCUT2D eigenvalue weighted by Crippen LogP contribution is -2.64. The molecule has 2 N–H and O–H groups in total. The second kappa shape index (κ2) is 2.11. The first-order chi connectivity index (χ1) is 5.22. The number of nitrogens with two attached hydrogens (primary N) is 1. The highest BCUT2D eigenvalue weighted by Gasteiger charge is 2.47. The fourth-order valence-corrected chi connectivity index (χ4v) is 1.81. The summed E-state index contributed by atoms with van der Waals surface area (Å²) >= 11 is 0. The summed E-state index contributed by atoms with van der Waals surface area (Å²) in [6.07, 6.45) is 2.20. The normalized spacial score (nSPS) is 27.1. The van der Waals surface area contributed by atoms with Crippen LogP contribution in [0.5, 0.6) is 0 Å². The van der Waals surface area contributed by atoms with Gasteiger partial charge in [0.05, 0.1) is 13.1 Å². The van der Waals surface area contributed by atoms with Crippen LogP contribution in [0.25, 0.3) is 0 Å². The highest BCUT2D eigenvalue weighted by Crippen LogP contribution is 2.34. The Morgan fingerprint density at radius 1 is 1.55 bits per heavy atom. The Morgan fingerprint density at radius 3 is 2.73 bits per heavy atom. The third-order valence-electron chi connectivity index (χ3n) is 2.45. The molecule has 0 aliphatic carbocycles. The van der Waals surface area contributed by atoms with Crippen LogP contribution in [0.15, 0.2) is 0 Å². The topological polar surface area (TPSA) is 55.6 Å². The molecule has 0 aromatic rings. The van der Waals surface area contributed by atoms with E-state index >= 15 is 0 Å². The van der Waals surface area contributed by atoms with E-state index < -0.39 is 0 Å². The Morgan fingerprint density at radius 2 is 2.27 bits per heavy atom. The second-order valence-electron chi connectivity index (χ2n) is 3.33. The summed E-state index contributed by atoms with van der Waals surface area (Å²) < 4.78 is 5.51. The molecule has 2 amide bonds. The minimum absolute atomic E-state index is 0.00493. The van der Waals surface area contributed by atoms with Crippen molar-refractivity contribution in [2.45, 2.75) is 18.4 Å². The first-order valence-electron chi connectivity index (χ1n) is 3.90. The predicted octanol–water partition coefficient (Wildman–Crippen LogP) is -0.0701. The molecule has 11 heavy (non-hydrogen) atoms. The summed E-state index contributed by atoms with van der Waals surface area (Å²) in [6.45, 7) is 2.23. The van der Waals surface area contributed by atoms with Crippen LogP contribution in [-0.2, 0) is 4.74 Å². The molecule has 1 spiro atoms. The molecule has 62 valence electrons. The third kappa shape index (κ3) is 0.976. The number of rotatable bonds is 0. The molecule has 4 nitrogen and oxygen atoms in total. The fraction of sp³-hybridized carbons (Fsp3) is 0.857. The lowest BCUT2D eigenvalue weighted by Gasteiger charge is -2.46.